The number of nitrogens with one attached hydrogen (secondary N) is 1. The first-order valence-electron chi connectivity index (χ1n) is 8.81. The molecule has 3 fully saturated rings. The highest BCUT2D eigenvalue weighted by molar-refractivity contribution is 5.21. The molecule has 4 nitrogen and oxygen atoms in total. The third kappa shape index (κ3) is 2.88. The van der Waals surface area contributed by atoms with Gasteiger partial charge in [-0.15, -0.1) is 0 Å². The first kappa shape index (κ1) is 13.8. The number of hydrogen-bond acceptors (Lipinski definition) is 3. The minimum atomic E-state index is 0.391. The molecule has 116 valence electrons. The van der Waals surface area contributed by atoms with Crippen molar-refractivity contribution < 1.29 is 0 Å². The largest absolute Gasteiger partial charge is 0.326 e. The lowest BCUT2D eigenvalue weighted by Crippen LogP contribution is -2.30. The number of hydrogen-bond donors (Lipinski definition) is 2. The second kappa shape index (κ2) is 5.73. The summed E-state index contributed by atoms with van der Waals surface area (Å²) in [5, 5.41) is 7.64. The molecule has 1 aromatic heterocycles. The van der Waals surface area contributed by atoms with Crippen molar-refractivity contribution in [3.05, 3.63) is 17.5 Å². The maximum atomic E-state index is 6.36. The van der Waals surface area contributed by atoms with E-state index in [2.05, 4.69) is 21.3 Å². The maximum Gasteiger partial charge on any atom is 0.0535 e. The fraction of sp³-hybridized carbons (Fsp3) is 0.824. The van der Waals surface area contributed by atoms with E-state index in [1.165, 1.54) is 62.7 Å². The summed E-state index contributed by atoms with van der Waals surface area (Å²) in [6.45, 7) is 3.30. The zero-order valence-corrected chi connectivity index (χ0v) is 12.9. The van der Waals surface area contributed by atoms with Crippen LogP contribution >= 0.6 is 0 Å². The van der Waals surface area contributed by atoms with Gasteiger partial charge < -0.3 is 5.73 Å². The SMILES string of the molecule is N[C@H]1CN(Cc2cn[nH]c2C2CCCCC2)C[C@@H]1C1CC1. The molecule has 2 atom stereocenters. The Balaban J connectivity index is 1.42. The summed E-state index contributed by atoms with van der Waals surface area (Å²) >= 11 is 0. The van der Waals surface area contributed by atoms with Crippen molar-refractivity contribution in [1.82, 2.24) is 15.1 Å². The Kier molecular flexibility index (Phi) is 3.76. The van der Waals surface area contributed by atoms with Crippen molar-refractivity contribution >= 4 is 0 Å². The monoisotopic (exact) mass is 288 g/mol. The van der Waals surface area contributed by atoms with Crippen LogP contribution < -0.4 is 5.73 Å². The number of rotatable bonds is 4. The van der Waals surface area contributed by atoms with Crippen LogP contribution in [0, 0.1) is 11.8 Å². The highest BCUT2D eigenvalue weighted by Gasteiger charge is 2.40. The second-order valence-electron chi connectivity index (χ2n) is 7.50. The smallest absolute Gasteiger partial charge is 0.0535 e. The molecule has 2 heterocycles. The van der Waals surface area contributed by atoms with Gasteiger partial charge in [0.15, 0.2) is 0 Å². The number of nitrogens with zero attached hydrogens (tertiary/aromatic N) is 2. The third-order valence-electron chi connectivity index (χ3n) is 5.87. The Morgan fingerprint density at radius 2 is 1.95 bits per heavy atom. The molecular weight excluding hydrogens is 260 g/mol. The molecule has 1 aromatic rings. The van der Waals surface area contributed by atoms with E-state index >= 15 is 0 Å². The average molecular weight is 288 g/mol. The highest BCUT2D eigenvalue weighted by atomic mass is 15.2. The maximum absolute atomic E-state index is 6.36. The van der Waals surface area contributed by atoms with E-state index in [0.717, 1.165) is 24.9 Å². The van der Waals surface area contributed by atoms with Crippen molar-refractivity contribution in [2.45, 2.75) is 63.5 Å². The molecule has 0 amide bonds. The van der Waals surface area contributed by atoms with Crippen LogP contribution in [0.15, 0.2) is 6.20 Å². The van der Waals surface area contributed by atoms with Gasteiger partial charge in [-0.25, -0.2) is 0 Å². The number of aromatic nitrogens is 2. The van der Waals surface area contributed by atoms with Gasteiger partial charge in [0.25, 0.3) is 0 Å². The van der Waals surface area contributed by atoms with Gasteiger partial charge in [-0.05, 0) is 37.5 Å². The van der Waals surface area contributed by atoms with Gasteiger partial charge in [-0.2, -0.15) is 5.10 Å². The Bertz CT molecular complexity index is 473. The summed E-state index contributed by atoms with van der Waals surface area (Å²) in [4.78, 5) is 2.56. The van der Waals surface area contributed by atoms with Crippen molar-refractivity contribution in [2.75, 3.05) is 13.1 Å². The van der Waals surface area contributed by atoms with Crippen LogP contribution in [-0.4, -0.2) is 34.2 Å². The molecule has 1 saturated heterocycles. The number of nitrogens with two attached hydrogens (primary N) is 1. The van der Waals surface area contributed by atoms with Crippen LogP contribution in [-0.2, 0) is 6.54 Å². The van der Waals surface area contributed by atoms with Crippen LogP contribution in [0.2, 0.25) is 0 Å². The number of H-pyrrole nitrogens is 1. The summed E-state index contributed by atoms with van der Waals surface area (Å²) in [5.74, 6) is 2.38. The number of likely N-dealkylation sites (tertiary alicyclic amines) is 1. The molecule has 2 saturated carbocycles. The predicted molar refractivity (Wildman–Crippen MR) is 83.9 cm³/mol. The van der Waals surface area contributed by atoms with E-state index in [4.69, 9.17) is 5.73 Å². The highest BCUT2D eigenvalue weighted by Crippen LogP contribution is 2.41. The molecule has 0 spiro atoms. The lowest BCUT2D eigenvalue weighted by Gasteiger charge is -2.23. The average Bonchev–Trinajstić information content (AvgIpc) is 3.13. The molecule has 4 rings (SSSR count). The lowest BCUT2D eigenvalue weighted by molar-refractivity contribution is 0.307. The van der Waals surface area contributed by atoms with Gasteiger partial charge >= 0.3 is 0 Å². The molecule has 0 unspecified atom stereocenters. The second-order valence-corrected chi connectivity index (χ2v) is 7.50. The Morgan fingerprint density at radius 3 is 2.71 bits per heavy atom. The molecule has 0 radical (unpaired) electrons. The standard InChI is InChI=1S/C17H28N4/c18-16-11-21(10-15(16)12-6-7-12)9-14-8-19-20-17(14)13-4-2-1-3-5-13/h8,12-13,15-16H,1-7,9-11,18H2,(H,19,20)/t15-,16+/m1/s1. The van der Waals surface area contributed by atoms with Crippen molar-refractivity contribution in [3.63, 3.8) is 0 Å². The van der Waals surface area contributed by atoms with E-state index < -0.39 is 0 Å². The van der Waals surface area contributed by atoms with Crippen LogP contribution in [0.4, 0.5) is 0 Å². The van der Waals surface area contributed by atoms with Gasteiger partial charge in [-0.1, -0.05) is 19.3 Å². The molecule has 3 N–H and O–H groups in total. The van der Waals surface area contributed by atoms with Gasteiger partial charge in [0, 0.05) is 42.9 Å². The zero-order valence-electron chi connectivity index (χ0n) is 12.9. The van der Waals surface area contributed by atoms with Crippen LogP contribution in [0.1, 0.15) is 62.1 Å². The fourth-order valence-corrected chi connectivity index (χ4v) is 4.53. The van der Waals surface area contributed by atoms with E-state index in [1.807, 2.05) is 0 Å². The van der Waals surface area contributed by atoms with E-state index in [-0.39, 0.29) is 0 Å². The Hall–Kier alpha value is -0.870. The van der Waals surface area contributed by atoms with Gasteiger partial charge in [0.05, 0.1) is 6.20 Å². The van der Waals surface area contributed by atoms with Gasteiger partial charge in [0.2, 0.25) is 0 Å². The summed E-state index contributed by atoms with van der Waals surface area (Å²) < 4.78 is 0. The Labute approximate surface area is 127 Å². The van der Waals surface area contributed by atoms with Crippen LogP contribution in [0.25, 0.3) is 0 Å². The van der Waals surface area contributed by atoms with Gasteiger partial charge in [0.1, 0.15) is 0 Å². The molecule has 4 heteroatoms. The first-order valence-corrected chi connectivity index (χ1v) is 8.81. The van der Waals surface area contributed by atoms with E-state index in [1.54, 1.807) is 0 Å². The summed E-state index contributed by atoms with van der Waals surface area (Å²) in [7, 11) is 0. The molecule has 0 bridgehead atoms. The minimum Gasteiger partial charge on any atom is -0.326 e. The molecule has 21 heavy (non-hydrogen) atoms. The Morgan fingerprint density at radius 1 is 1.14 bits per heavy atom. The van der Waals surface area contributed by atoms with Crippen molar-refractivity contribution in [2.24, 2.45) is 17.6 Å². The zero-order chi connectivity index (χ0) is 14.2. The summed E-state index contributed by atoms with van der Waals surface area (Å²) in [6.07, 6.45) is 11.7. The molecular formula is C17H28N4. The summed E-state index contributed by atoms with van der Waals surface area (Å²) in [5.41, 5.74) is 9.19. The molecule has 1 aliphatic heterocycles. The van der Waals surface area contributed by atoms with Crippen molar-refractivity contribution in [3.8, 4) is 0 Å². The van der Waals surface area contributed by atoms with Crippen LogP contribution in [0.3, 0.4) is 0 Å². The topological polar surface area (TPSA) is 57.9 Å². The van der Waals surface area contributed by atoms with E-state index in [0.29, 0.717) is 12.0 Å². The normalized spacial score (nSPS) is 31.9. The molecule has 0 aromatic carbocycles. The van der Waals surface area contributed by atoms with Gasteiger partial charge in [-0.3, -0.25) is 10.00 Å². The fourth-order valence-electron chi connectivity index (χ4n) is 4.53. The summed E-state index contributed by atoms with van der Waals surface area (Å²) in [6, 6.07) is 0.391. The minimum absolute atomic E-state index is 0.391. The predicted octanol–water partition coefficient (Wildman–Crippen LogP) is 2.63. The first-order chi connectivity index (χ1) is 10.3. The molecule has 2 aliphatic carbocycles. The van der Waals surface area contributed by atoms with Crippen molar-refractivity contribution in [1.29, 1.82) is 0 Å². The van der Waals surface area contributed by atoms with E-state index in [9.17, 15) is 0 Å². The molecule has 3 aliphatic rings. The number of aromatic amines is 1. The quantitative estimate of drug-likeness (QED) is 0.895. The third-order valence-corrected chi connectivity index (χ3v) is 5.87. The lowest BCUT2D eigenvalue weighted by atomic mass is 9.85. The van der Waals surface area contributed by atoms with Crippen LogP contribution in [0.5, 0.6) is 0 Å².